The van der Waals surface area contributed by atoms with Gasteiger partial charge in [0.15, 0.2) is 0 Å². The molecule has 26 heavy (non-hydrogen) atoms. The summed E-state index contributed by atoms with van der Waals surface area (Å²) >= 11 is 0. The normalized spacial score (nSPS) is 57.9. The maximum Gasteiger partial charge on any atom is 0.488 e. The van der Waals surface area contributed by atoms with Crippen LogP contribution in [0, 0.1) is 34.5 Å². The molecule has 8 unspecified atom stereocenters. The number of rotatable bonds is 1. The van der Waals surface area contributed by atoms with E-state index >= 15 is 0 Å². The Bertz CT molecular complexity index is 668. The molecule has 142 valence electrons. The predicted molar refractivity (Wildman–Crippen MR) is 100 cm³/mol. The third kappa shape index (κ3) is 1.75. The van der Waals surface area contributed by atoms with Crippen molar-refractivity contribution in [2.45, 2.75) is 90.6 Å². The minimum Gasteiger partial charge on any atom is -0.407 e. The molecule has 6 aliphatic carbocycles. The van der Waals surface area contributed by atoms with Crippen LogP contribution < -0.4 is 0 Å². The van der Waals surface area contributed by atoms with Crippen molar-refractivity contribution in [3.63, 3.8) is 0 Å². The fourth-order valence-electron chi connectivity index (χ4n) is 7.87. The molecule has 4 nitrogen and oxygen atoms in total. The van der Waals surface area contributed by atoms with E-state index in [0.717, 1.165) is 24.7 Å². The molecule has 6 saturated carbocycles. The van der Waals surface area contributed by atoms with Gasteiger partial charge in [-0.3, -0.25) is 0 Å². The highest BCUT2D eigenvalue weighted by Crippen LogP contribution is 2.67. The van der Waals surface area contributed by atoms with Gasteiger partial charge in [0.1, 0.15) is 0 Å². The van der Waals surface area contributed by atoms with Gasteiger partial charge < -0.3 is 18.6 Å². The van der Waals surface area contributed by atoms with Crippen molar-refractivity contribution in [3.05, 3.63) is 0 Å². The molecule has 2 heterocycles. The first-order valence-electron chi connectivity index (χ1n) is 10.7. The minimum atomic E-state index is -0.372. The molecule has 0 N–H and O–H groups in total. The van der Waals surface area contributed by atoms with E-state index in [1.807, 2.05) is 0 Å². The second-order valence-electron chi connectivity index (χ2n) is 11.8. The lowest BCUT2D eigenvalue weighted by atomic mass is 9.43. The van der Waals surface area contributed by atoms with Crippen LogP contribution in [-0.2, 0) is 18.6 Å². The van der Waals surface area contributed by atoms with Crippen molar-refractivity contribution >= 4 is 14.0 Å². The van der Waals surface area contributed by atoms with Gasteiger partial charge in [0.05, 0.1) is 23.4 Å². The summed E-state index contributed by atoms with van der Waals surface area (Å²) in [4.78, 5) is 0. The zero-order valence-electron chi connectivity index (χ0n) is 17.1. The van der Waals surface area contributed by atoms with Crippen LogP contribution in [0.4, 0.5) is 0 Å². The molecule has 0 amide bonds. The van der Waals surface area contributed by atoms with E-state index in [0.29, 0.717) is 22.7 Å². The second kappa shape index (κ2) is 4.58. The molecule has 8 aliphatic rings. The van der Waals surface area contributed by atoms with Crippen molar-refractivity contribution in [3.8, 4) is 0 Å². The van der Waals surface area contributed by atoms with Crippen LogP contribution in [0.25, 0.3) is 0 Å². The van der Waals surface area contributed by atoms with E-state index in [9.17, 15) is 0 Å². The van der Waals surface area contributed by atoms with E-state index in [4.69, 9.17) is 18.6 Å². The highest BCUT2D eigenvalue weighted by molar-refractivity contribution is 7.11. The Morgan fingerprint density at radius 1 is 0.769 bits per heavy atom. The number of hydrogen-bond acceptors (Lipinski definition) is 4. The highest BCUT2D eigenvalue weighted by Gasteiger charge is 2.73. The van der Waals surface area contributed by atoms with Gasteiger partial charge >= 0.3 is 14.0 Å². The van der Waals surface area contributed by atoms with Gasteiger partial charge in [0.2, 0.25) is 0 Å². The second-order valence-corrected chi connectivity index (χ2v) is 11.8. The first-order valence-corrected chi connectivity index (χ1v) is 10.7. The van der Waals surface area contributed by atoms with E-state index in [-0.39, 0.29) is 37.4 Å². The summed E-state index contributed by atoms with van der Waals surface area (Å²) in [6.45, 7) is 14.1. The van der Waals surface area contributed by atoms with Gasteiger partial charge in [-0.25, -0.2) is 0 Å². The zero-order chi connectivity index (χ0) is 18.3. The molecule has 8 atom stereocenters. The van der Waals surface area contributed by atoms with Gasteiger partial charge in [0.25, 0.3) is 0 Å². The summed E-state index contributed by atoms with van der Waals surface area (Å²) < 4.78 is 26.1. The third-order valence-electron chi connectivity index (χ3n) is 10.0. The number of hydrogen-bond donors (Lipinski definition) is 0. The van der Waals surface area contributed by atoms with Crippen molar-refractivity contribution in [2.75, 3.05) is 0 Å². The summed E-state index contributed by atoms with van der Waals surface area (Å²) in [6, 6.07) is 0. The first kappa shape index (κ1) is 16.9. The van der Waals surface area contributed by atoms with Crippen LogP contribution in [0.15, 0.2) is 0 Å². The minimum absolute atomic E-state index is 0.170. The molecule has 8 fully saturated rings. The standard InChI is InChI=1S/C20H32B2O4/c1-17(2)12-7-13(17)16-19(5,10-12)25-22(24-16)21-23-15-9-11-8-14(18(11,3)4)20(15,6)26-21/h11-16H,7-10H2,1-6H3. The molecular formula is C20H32B2O4. The molecule has 2 aliphatic heterocycles. The average Bonchev–Trinajstić information content (AvgIpc) is 3.09. The molecule has 4 bridgehead atoms. The van der Waals surface area contributed by atoms with Gasteiger partial charge in [-0.15, -0.1) is 0 Å². The Labute approximate surface area is 158 Å². The van der Waals surface area contributed by atoms with Gasteiger partial charge in [0, 0.05) is 0 Å². The third-order valence-corrected chi connectivity index (χ3v) is 10.0. The van der Waals surface area contributed by atoms with E-state index in [2.05, 4.69) is 41.5 Å². The summed E-state index contributed by atoms with van der Waals surface area (Å²) in [6.07, 6.45) is 5.15. The van der Waals surface area contributed by atoms with Crippen molar-refractivity contribution in [2.24, 2.45) is 34.5 Å². The molecule has 0 aromatic heterocycles. The average molecular weight is 358 g/mol. The van der Waals surface area contributed by atoms with Gasteiger partial charge in [-0.05, 0) is 74.0 Å². The summed E-state index contributed by atoms with van der Waals surface area (Å²) in [5, 5.41) is 0. The maximum absolute atomic E-state index is 6.60. The predicted octanol–water partition coefficient (Wildman–Crippen LogP) is 3.52. The Morgan fingerprint density at radius 2 is 1.50 bits per heavy atom. The lowest BCUT2D eigenvalue weighted by Crippen LogP contribution is -2.65. The fraction of sp³-hybridized carbons (Fsp3) is 1.00. The Kier molecular flexibility index (Phi) is 2.97. The van der Waals surface area contributed by atoms with Crippen molar-refractivity contribution in [1.82, 2.24) is 0 Å². The molecular weight excluding hydrogens is 326 g/mol. The largest absolute Gasteiger partial charge is 0.488 e. The SMILES string of the molecule is CC12CC3CC(C1OB(B1OC4CC5CC(C5(C)C)C4(C)O1)O2)C3(C)C. The molecule has 0 radical (unpaired) electrons. The lowest BCUT2D eigenvalue weighted by Gasteiger charge is -2.64. The first-order chi connectivity index (χ1) is 12.1. The molecule has 0 aromatic rings. The van der Waals surface area contributed by atoms with Crippen LogP contribution >= 0.6 is 0 Å². The van der Waals surface area contributed by atoms with Crippen molar-refractivity contribution in [1.29, 1.82) is 0 Å². The van der Waals surface area contributed by atoms with Crippen LogP contribution in [0.3, 0.4) is 0 Å². The highest BCUT2D eigenvalue weighted by atomic mass is 16.7. The smallest absolute Gasteiger partial charge is 0.407 e. The van der Waals surface area contributed by atoms with Crippen molar-refractivity contribution < 1.29 is 18.6 Å². The molecule has 0 spiro atoms. The summed E-state index contributed by atoms with van der Waals surface area (Å²) in [7, 11) is -0.745. The Hall–Kier alpha value is -0.0301. The van der Waals surface area contributed by atoms with Crippen LogP contribution in [0.5, 0.6) is 0 Å². The molecule has 0 aromatic carbocycles. The topological polar surface area (TPSA) is 36.9 Å². The fourth-order valence-corrected chi connectivity index (χ4v) is 7.87. The Balaban J connectivity index is 1.23. The molecule has 6 heteroatoms. The molecule has 8 rings (SSSR count). The summed E-state index contributed by atoms with van der Waals surface area (Å²) in [5.41, 5.74) is 0.388. The zero-order valence-corrected chi connectivity index (χ0v) is 17.1. The van der Waals surface area contributed by atoms with Crippen LogP contribution in [0.1, 0.15) is 67.2 Å². The quantitative estimate of drug-likeness (QED) is 0.673. The molecule has 2 saturated heterocycles. The lowest BCUT2D eigenvalue weighted by molar-refractivity contribution is -0.199. The van der Waals surface area contributed by atoms with E-state index in [1.54, 1.807) is 0 Å². The van der Waals surface area contributed by atoms with Crippen LogP contribution in [0.2, 0.25) is 0 Å². The van der Waals surface area contributed by atoms with Gasteiger partial charge in [-0.1, -0.05) is 27.7 Å². The van der Waals surface area contributed by atoms with E-state index in [1.165, 1.54) is 12.8 Å². The van der Waals surface area contributed by atoms with Gasteiger partial charge in [-0.2, -0.15) is 0 Å². The summed E-state index contributed by atoms with van der Waals surface area (Å²) in [5.74, 6) is 2.71. The monoisotopic (exact) mass is 358 g/mol. The Morgan fingerprint density at radius 3 is 2.19 bits per heavy atom. The van der Waals surface area contributed by atoms with E-state index < -0.39 is 0 Å². The van der Waals surface area contributed by atoms with Crippen LogP contribution in [-0.4, -0.2) is 37.4 Å². The maximum atomic E-state index is 6.60.